The van der Waals surface area contributed by atoms with Gasteiger partial charge in [-0.1, -0.05) is 0 Å². The topological polar surface area (TPSA) is 69.4 Å². The number of nitrogens with zero attached hydrogens (tertiary/aromatic N) is 1. The fourth-order valence-electron chi connectivity index (χ4n) is 2.19. The molecule has 2 unspecified atom stereocenters. The number of rotatable bonds is 5. The minimum absolute atomic E-state index is 0.0331. The van der Waals surface area contributed by atoms with E-state index in [4.69, 9.17) is 15.3 Å². The largest absolute Gasteiger partial charge is 0.495 e. The predicted octanol–water partition coefficient (Wildman–Crippen LogP) is 1.16. The molecule has 0 radical (unpaired) electrons. The van der Waals surface area contributed by atoms with Crippen LogP contribution in [0.4, 0.5) is 0 Å². The number of nitrogens with one attached hydrogen (secondary N) is 1. The van der Waals surface area contributed by atoms with E-state index in [2.05, 4.69) is 10.4 Å². The minimum Gasteiger partial charge on any atom is -0.495 e. The number of methoxy groups -OCH3 is 1. The molecule has 1 aliphatic rings. The Bertz CT molecular complexity index is 353. The van der Waals surface area contributed by atoms with Crippen molar-refractivity contribution in [1.29, 1.82) is 0 Å². The molecule has 0 aliphatic carbocycles. The quantitative estimate of drug-likeness (QED) is 0.594. The van der Waals surface area contributed by atoms with Crippen LogP contribution in [-0.4, -0.2) is 24.8 Å². The van der Waals surface area contributed by atoms with E-state index in [1.165, 1.54) is 0 Å². The van der Waals surface area contributed by atoms with Crippen molar-refractivity contribution in [2.75, 3.05) is 13.7 Å². The maximum atomic E-state index is 5.62. The maximum absolute atomic E-state index is 5.62. The fraction of sp³-hybridized carbons (Fsp3) is 0.583. The third-order valence-corrected chi connectivity index (χ3v) is 3.07. The fourth-order valence-corrected chi connectivity index (χ4v) is 2.19. The molecule has 0 spiro atoms. The number of hydrazine groups is 1. The predicted molar refractivity (Wildman–Crippen MR) is 64.4 cm³/mol. The van der Waals surface area contributed by atoms with Crippen LogP contribution in [0.1, 0.15) is 31.0 Å². The summed E-state index contributed by atoms with van der Waals surface area (Å²) in [6.45, 7) is 0.849. The lowest BCUT2D eigenvalue weighted by Crippen LogP contribution is -2.31. The van der Waals surface area contributed by atoms with Gasteiger partial charge in [0.05, 0.1) is 19.3 Å². The second kappa shape index (κ2) is 5.95. The maximum Gasteiger partial charge on any atom is 0.142 e. The Labute approximate surface area is 101 Å². The van der Waals surface area contributed by atoms with Crippen LogP contribution in [0.3, 0.4) is 0 Å². The average Bonchev–Trinajstić information content (AvgIpc) is 2.89. The van der Waals surface area contributed by atoms with E-state index in [0.29, 0.717) is 0 Å². The van der Waals surface area contributed by atoms with Crippen LogP contribution in [0.5, 0.6) is 5.75 Å². The molecule has 5 heteroatoms. The Kier molecular flexibility index (Phi) is 4.30. The summed E-state index contributed by atoms with van der Waals surface area (Å²) in [6.07, 6.45) is 5.05. The van der Waals surface area contributed by atoms with Crippen LogP contribution in [0.25, 0.3) is 0 Å². The zero-order valence-electron chi connectivity index (χ0n) is 10.1. The molecule has 1 saturated heterocycles. The third kappa shape index (κ3) is 2.94. The second-order valence-corrected chi connectivity index (χ2v) is 4.18. The zero-order valence-corrected chi connectivity index (χ0v) is 10.1. The van der Waals surface area contributed by atoms with Crippen molar-refractivity contribution in [3.63, 3.8) is 0 Å². The van der Waals surface area contributed by atoms with E-state index < -0.39 is 0 Å². The lowest BCUT2D eigenvalue weighted by Gasteiger charge is -2.20. The number of hydrogen-bond donors (Lipinski definition) is 2. The number of pyridine rings is 1. The van der Waals surface area contributed by atoms with E-state index in [9.17, 15) is 0 Å². The molecule has 1 fully saturated rings. The molecule has 0 bridgehead atoms. The van der Waals surface area contributed by atoms with E-state index in [-0.39, 0.29) is 12.1 Å². The average molecular weight is 237 g/mol. The standard InChI is InChI=1S/C12H19N3O2/c1-16-11-5-2-6-14-12(11)10(15-13)8-9-4-3-7-17-9/h2,5-6,9-10,15H,3-4,7-8,13H2,1H3. The minimum atomic E-state index is -0.0331. The lowest BCUT2D eigenvalue weighted by atomic mass is 10.0. The van der Waals surface area contributed by atoms with Gasteiger partial charge in [-0.05, 0) is 31.4 Å². The molecule has 3 N–H and O–H groups in total. The van der Waals surface area contributed by atoms with Gasteiger partial charge < -0.3 is 9.47 Å². The van der Waals surface area contributed by atoms with Crippen LogP contribution in [0.15, 0.2) is 18.3 Å². The highest BCUT2D eigenvalue weighted by Gasteiger charge is 2.24. The molecule has 1 aliphatic heterocycles. The molecule has 17 heavy (non-hydrogen) atoms. The Morgan fingerprint density at radius 1 is 1.71 bits per heavy atom. The first-order valence-electron chi connectivity index (χ1n) is 5.91. The van der Waals surface area contributed by atoms with Crippen molar-refractivity contribution in [3.05, 3.63) is 24.0 Å². The molecular weight excluding hydrogens is 218 g/mol. The van der Waals surface area contributed by atoms with Crippen molar-refractivity contribution in [2.45, 2.75) is 31.4 Å². The molecule has 1 aromatic heterocycles. The van der Waals surface area contributed by atoms with Crippen molar-refractivity contribution in [2.24, 2.45) is 5.84 Å². The van der Waals surface area contributed by atoms with Gasteiger partial charge in [0.15, 0.2) is 0 Å². The van der Waals surface area contributed by atoms with E-state index in [1.54, 1.807) is 13.3 Å². The normalized spacial score (nSPS) is 21.4. The second-order valence-electron chi connectivity index (χ2n) is 4.18. The van der Waals surface area contributed by atoms with Crippen molar-refractivity contribution >= 4 is 0 Å². The smallest absolute Gasteiger partial charge is 0.142 e. The van der Waals surface area contributed by atoms with Gasteiger partial charge in [0, 0.05) is 12.8 Å². The summed E-state index contributed by atoms with van der Waals surface area (Å²) in [6, 6.07) is 3.71. The van der Waals surface area contributed by atoms with E-state index in [0.717, 1.165) is 37.3 Å². The lowest BCUT2D eigenvalue weighted by molar-refractivity contribution is 0.0938. The van der Waals surface area contributed by atoms with Crippen molar-refractivity contribution in [1.82, 2.24) is 10.4 Å². The SMILES string of the molecule is COc1cccnc1C(CC1CCCO1)NN. The van der Waals surface area contributed by atoms with Gasteiger partial charge in [0.25, 0.3) is 0 Å². The monoisotopic (exact) mass is 237 g/mol. The molecule has 2 atom stereocenters. The van der Waals surface area contributed by atoms with E-state index in [1.807, 2.05) is 12.1 Å². The van der Waals surface area contributed by atoms with Gasteiger partial charge in [-0.15, -0.1) is 0 Å². The molecule has 94 valence electrons. The van der Waals surface area contributed by atoms with Gasteiger partial charge in [-0.25, -0.2) is 0 Å². The highest BCUT2D eigenvalue weighted by atomic mass is 16.5. The van der Waals surface area contributed by atoms with Crippen LogP contribution in [0, 0.1) is 0 Å². The van der Waals surface area contributed by atoms with Crippen molar-refractivity contribution in [3.8, 4) is 5.75 Å². The van der Waals surface area contributed by atoms with Crippen LogP contribution < -0.4 is 16.0 Å². The summed E-state index contributed by atoms with van der Waals surface area (Å²) in [5.41, 5.74) is 3.64. The molecule has 0 aromatic carbocycles. The van der Waals surface area contributed by atoms with Crippen molar-refractivity contribution < 1.29 is 9.47 Å². The number of aromatic nitrogens is 1. The summed E-state index contributed by atoms with van der Waals surface area (Å²) < 4.78 is 10.9. The molecule has 0 saturated carbocycles. The third-order valence-electron chi connectivity index (χ3n) is 3.07. The van der Waals surface area contributed by atoms with Gasteiger partial charge in [0.2, 0.25) is 0 Å². The van der Waals surface area contributed by atoms with Crippen LogP contribution in [-0.2, 0) is 4.74 Å². The van der Waals surface area contributed by atoms with E-state index >= 15 is 0 Å². The molecule has 1 aromatic rings. The molecule has 0 amide bonds. The molecule has 2 rings (SSSR count). The first-order chi connectivity index (χ1) is 8.35. The number of nitrogens with two attached hydrogens (primary N) is 1. The number of ether oxygens (including phenoxy) is 2. The Morgan fingerprint density at radius 2 is 2.59 bits per heavy atom. The number of hydrogen-bond acceptors (Lipinski definition) is 5. The molecular formula is C12H19N3O2. The summed E-state index contributed by atoms with van der Waals surface area (Å²) >= 11 is 0. The summed E-state index contributed by atoms with van der Waals surface area (Å²) in [5, 5.41) is 0. The first kappa shape index (κ1) is 12.3. The Balaban J connectivity index is 2.10. The van der Waals surface area contributed by atoms with Gasteiger partial charge in [0.1, 0.15) is 11.4 Å². The van der Waals surface area contributed by atoms with Gasteiger partial charge in [-0.3, -0.25) is 16.3 Å². The van der Waals surface area contributed by atoms with Crippen LogP contribution >= 0.6 is 0 Å². The zero-order chi connectivity index (χ0) is 12.1. The summed E-state index contributed by atoms with van der Waals surface area (Å²) in [7, 11) is 1.64. The summed E-state index contributed by atoms with van der Waals surface area (Å²) in [4.78, 5) is 4.34. The highest BCUT2D eigenvalue weighted by Crippen LogP contribution is 2.28. The first-order valence-corrected chi connectivity index (χ1v) is 5.91. The summed E-state index contributed by atoms with van der Waals surface area (Å²) in [5.74, 6) is 6.36. The molecule has 5 nitrogen and oxygen atoms in total. The molecule has 2 heterocycles. The van der Waals surface area contributed by atoms with Gasteiger partial charge in [-0.2, -0.15) is 0 Å². The highest BCUT2D eigenvalue weighted by molar-refractivity contribution is 5.29. The van der Waals surface area contributed by atoms with Crippen LogP contribution in [0.2, 0.25) is 0 Å². The Hall–Kier alpha value is -1.17. The Morgan fingerprint density at radius 3 is 3.24 bits per heavy atom. The van der Waals surface area contributed by atoms with Gasteiger partial charge >= 0.3 is 0 Å².